The van der Waals surface area contributed by atoms with Crippen LogP contribution in [0.4, 0.5) is 10.0 Å². The largest absolute Gasteiger partial charge is 0.370 e. The maximum Gasteiger partial charge on any atom is 0.148 e. The average Bonchev–Trinajstić information content (AvgIpc) is 3.13. The molecule has 0 saturated heterocycles. The molecule has 2 atom stereocenters. The van der Waals surface area contributed by atoms with E-state index in [0.29, 0.717) is 5.78 Å². The predicted octanol–water partition coefficient (Wildman–Crippen LogP) is 4.42. The maximum absolute atomic E-state index is 12.8. The van der Waals surface area contributed by atoms with E-state index in [9.17, 15) is 4.79 Å². The van der Waals surface area contributed by atoms with E-state index in [1.165, 1.54) is 10.0 Å². The molecule has 5 heteroatoms. The van der Waals surface area contributed by atoms with Crippen molar-refractivity contribution in [1.82, 2.24) is 0 Å². The molecule has 2 unspecified atom stereocenters. The fourth-order valence-corrected chi connectivity index (χ4v) is 4.26. The Morgan fingerprint density at radius 1 is 0.818 bits per heavy atom. The zero-order valence-electron chi connectivity index (χ0n) is 14.1. The van der Waals surface area contributed by atoms with Crippen LogP contribution >= 0.6 is 22.7 Å². The third-order valence-electron chi connectivity index (χ3n) is 3.81. The van der Waals surface area contributed by atoms with Gasteiger partial charge < -0.3 is 9.80 Å². The normalized spacial score (nSPS) is 13.7. The molecular weight excluding hydrogens is 312 g/mol. The van der Waals surface area contributed by atoms with E-state index in [2.05, 4.69) is 34.1 Å². The summed E-state index contributed by atoms with van der Waals surface area (Å²) in [6, 6.07) is 8.33. The van der Waals surface area contributed by atoms with E-state index in [0.717, 1.165) is 9.75 Å². The molecule has 0 spiro atoms. The molecule has 0 aromatic carbocycles. The van der Waals surface area contributed by atoms with Gasteiger partial charge in [0.2, 0.25) is 0 Å². The average molecular weight is 337 g/mol. The third kappa shape index (κ3) is 3.52. The Morgan fingerprint density at radius 3 is 1.45 bits per heavy atom. The fraction of sp³-hybridized carbons (Fsp3) is 0.471. The van der Waals surface area contributed by atoms with Gasteiger partial charge in [-0.25, -0.2) is 0 Å². The van der Waals surface area contributed by atoms with Crippen LogP contribution in [0.5, 0.6) is 0 Å². The topological polar surface area (TPSA) is 23.6 Å². The van der Waals surface area contributed by atoms with Crippen molar-refractivity contribution >= 4 is 38.5 Å². The lowest BCUT2D eigenvalue weighted by Crippen LogP contribution is -2.15. The van der Waals surface area contributed by atoms with Gasteiger partial charge >= 0.3 is 0 Å². The lowest BCUT2D eigenvalue weighted by molar-refractivity contribution is -0.121. The molecule has 0 saturated carbocycles. The summed E-state index contributed by atoms with van der Waals surface area (Å²) in [4.78, 5) is 19.2. The number of rotatable bonds is 6. The van der Waals surface area contributed by atoms with Crippen molar-refractivity contribution in [3.05, 3.63) is 34.0 Å². The molecule has 0 aliphatic rings. The van der Waals surface area contributed by atoms with Crippen molar-refractivity contribution in [2.45, 2.75) is 25.7 Å². The smallest absolute Gasteiger partial charge is 0.148 e. The van der Waals surface area contributed by atoms with E-state index >= 15 is 0 Å². The summed E-state index contributed by atoms with van der Waals surface area (Å²) in [6.45, 7) is 4.04. The highest BCUT2D eigenvalue weighted by atomic mass is 32.1. The van der Waals surface area contributed by atoms with Crippen molar-refractivity contribution < 1.29 is 4.79 Å². The first-order chi connectivity index (χ1) is 10.3. The number of Topliss-reactive ketones (excluding diaryl/α,β-unsaturated/α-hetero) is 1. The summed E-state index contributed by atoms with van der Waals surface area (Å²) in [5.41, 5.74) is 0. The molecule has 3 nitrogen and oxygen atoms in total. The van der Waals surface area contributed by atoms with E-state index in [4.69, 9.17) is 0 Å². The van der Waals surface area contributed by atoms with Crippen LogP contribution < -0.4 is 9.80 Å². The van der Waals surface area contributed by atoms with Gasteiger partial charge in [-0.3, -0.25) is 4.79 Å². The van der Waals surface area contributed by atoms with Gasteiger partial charge in [0.05, 0.1) is 10.0 Å². The van der Waals surface area contributed by atoms with Gasteiger partial charge in [0.1, 0.15) is 5.78 Å². The van der Waals surface area contributed by atoms with Crippen LogP contribution in [0.1, 0.15) is 35.4 Å². The fourth-order valence-electron chi connectivity index (χ4n) is 2.29. The minimum atomic E-state index is -0.0568. The van der Waals surface area contributed by atoms with Gasteiger partial charge in [-0.05, 0) is 24.3 Å². The zero-order chi connectivity index (χ0) is 16.4. The number of thiophene rings is 2. The van der Waals surface area contributed by atoms with E-state index in [-0.39, 0.29) is 11.8 Å². The standard InChI is InChI=1S/C17H24N2OS2/c1-11(13-7-9-15(21-13)18(3)4)17(20)12(2)14-8-10-16(22-14)19(5)6/h7-12H,1-6H3. The van der Waals surface area contributed by atoms with Gasteiger partial charge in [-0.15, -0.1) is 22.7 Å². The molecule has 2 aromatic rings. The highest BCUT2D eigenvalue weighted by molar-refractivity contribution is 7.16. The van der Waals surface area contributed by atoms with Crippen LogP contribution in [0.3, 0.4) is 0 Å². The molecule has 0 radical (unpaired) electrons. The first kappa shape index (κ1) is 17.0. The molecule has 120 valence electrons. The van der Waals surface area contributed by atoms with Crippen LogP contribution in [0, 0.1) is 0 Å². The molecule has 2 rings (SSSR count). The monoisotopic (exact) mass is 336 g/mol. The summed E-state index contributed by atoms with van der Waals surface area (Å²) in [7, 11) is 8.11. The number of ketones is 1. The Labute approximate surface area is 141 Å². The summed E-state index contributed by atoms with van der Waals surface area (Å²) in [6.07, 6.45) is 0. The highest BCUT2D eigenvalue weighted by Gasteiger charge is 2.25. The molecule has 0 aliphatic carbocycles. The van der Waals surface area contributed by atoms with Crippen molar-refractivity contribution in [2.24, 2.45) is 0 Å². The van der Waals surface area contributed by atoms with Crippen LogP contribution in [-0.4, -0.2) is 34.0 Å². The van der Waals surface area contributed by atoms with Crippen LogP contribution in [-0.2, 0) is 4.79 Å². The summed E-state index contributed by atoms with van der Waals surface area (Å²) in [5.74, 6) is 0.177. The SMILES string of the molecule is CC(C(=O)C(C)c1ccc(N(C)C)s1)c1ccc(N(C)C)s1. The third-order valence-corrected chi connectivity index (χ3v) is 6.69. The first-order valence-electron chi connectivity index (χ1n) is 7.39. The van der Waals surface area contributed by atoms with Crippen molar-refractivity contribution in [3.63, 3.8) is 0 Å². The number of hydrogen-bond acceptors (Lipinski definition) is 5. The van der Waals surface area contributed by atoms with Crippen LogP contribution in [0.2, 0.25) is 0 Å². The minimum absolute atomic E-state index is 0.0568. The molecule has 0 N–H and O–H groups in total. The lowest BCUT2D eigenvalue weighted by Gasteiger charge is -2.15. The Hall–Kier alpha value is -1.33. The summed E-state index contributed by atoms with van der Waals surface area (Å²) < 4.78 is 0. The summed E-state index contributed by atoms with van der Waals surface area (Å²) >= 11 is 3.40. The Balaban J connectivity index is 2.14. The number of nitrogens with zero attached hydrogens (tertiary/aromatic N) is 2. The van der Waals surface area contributed by atoms with Gasteiger partial charge in [0, 0.05) is 49.8 Å². The zero-order valence-corrected chi connectivity index (χ0v) is 15.7. The second-order valence-electron chi connectivity index (χ2n) is 5.99. The summed E-state index contributed by atoms with van der Waals surface area (Å²) in [5, 5.41) is 2.38. The molecule has 0 bridgehead atoms. The van der Waals surface area contributed by atoms with Gasteiger partial charge in [0.15, 0.2) is 0 Å². The Kier molecular flexibility index (Phi) is 5.29. The molecule has 0 fully saturated rings. The van der Waals surface area contributed by atoms with Gasteiger partial charge in [-0.1, -0.05) is 13.8 Å². The second kappa shape index (κ2) is 6.84. The molecule has 22 heavy (non-hydrogen) atoms. The maximum atomic E-state index is 12.8. The van der Waals surface area contributed by atoms with E-state index in [1.54, 1.807) is 22.7 Å². The molecule has 0 amide bonds. The first-order valence-corrected chi connectivity index (χ1v) is 9.02. The van der Waals surface area contributed by atoms with E-state index < -0.39 is 0 Å². The van der Waals surface area contributed by atoms with Crippen LogP contribution in [0.15, 0.2) is 24.3 Å². The number of carbonyl (C=O) groups is 1. The second-order valence-corrected chi connectivity index (χ2v) is 8.17. The number of hydrogen-bond donors (Lipinski definition) is 0. The Bertz CT molecular complexity index is 588. The van der Waals surface area contributed by atoms with Crippen molar-refractivity contribution in [2.75, 3.05) is 38.0 Å². The minimum Gasteiger partial charge on any atom is -0.370 e. The molecular formula is C17H24N2OS2. The Morgan fingerprint density at radius 2 is 1.18 bits per heavy atom. The van der Waals surface area contributed by atoms with Gasteiger partial charge in [-0.2, -0.15) is 0 Å². The predicted molar refractivity (Wildman–Crippen MR) is 99.1 cm³/mol. The lowest BCUT2D eigenvalue weighted by atomic mass is 9.93. The van der Waals surface area contributed by atoms with Crippen molar-refractivity contribution in [3.8, 4) is 0 Å². The molecule has 2 heterocycles. The van der Waals surface area contributed by atoms with Gasteiger partial charge in [0.25, 0.3) is 0 Å². The van der Waals surface area contributed by atoms with E-state index in [1.807, 2.05) is 42.0 Å². The van der Waals surface area contributed by atoms with Crippen molar-refractivity contribution in [1.29, 1.82) is 0 Å². The molecule has 0 aliphatic heterocycles. The molecule has 2 aromatic heterocycles. The number of carbonyl (C=O) groups excluding carboxylic acids is 1. The quantitative estimate of drug-likeness (QED) is 0.780. The number of anilines is 2. The highest BCUT2D eigenvalue weighted by Crippen LogP contribution is 2.36. The van der Waals surface area contributed by atoms with Crippen LogP contribution in [0.25, 0.3) is 0 Å².